The first kappa shape index (κ1) is 16.4. The number of aromatic amines is 1. The highest BCUT2D eigenvalue weighted by Crippen LogP contribution is 2.25. The van der Waals surface area contributed by atoms with Crippen LogP contribution in [0.3, 0.4) is 0 Å². The number of hydrogen-bond donors (Lipinski definition) is 2. The topological polar surface area (TPSA) is 130 Å². The van der Waals surface area contributed by atoms with Crippen molar-refractivity contribution in [3.63, 3.8) is 0 Å². The van der Waals surface area contributed by atoms with Gasteiger partial charge in [-0.3, -0.25) is 9.89 Å². The Hall–Kier alpha value is -1.94. The molecule has 1 aliphatic heterocycles. The van der Waals surface area contributed by atoms with E-state index >= 15 is 0 Å². The van der Waals surface area contributed by atoms with Gasteiger partial charge in [-0.05, 0) is 19.8 Å². The Bertz CT molecular complexity index is 668. The number of nitrogens with one attached hydrogen (secondary N) is 1. The SMILES string of the molecule is CCOC(=O)c1cn[nH]c1S(=O)(=O)N1CCCC(C(=O)O)C1. The van der Waals surface area contributed by atoms with Gasteiger partial charge in [0, 0.05) is 13.1 Å². The normalized spacial score (nSPS) is 19.8. The van der Waals surface area contributed by atoms with E-state index in [9.17, 15) is 18.0 Å². The van der Waals surface area contributed by atoms with E-state index in [1.807, 2.05) is 0 Å². The van der Waals surface area contributed by atoms with E-state index in [-0.39, 0.29) is 30.3 Å². The lowest BCUT2D eigenvalue weighted by atomic mass is 10.0. The molecule has 2 heterocycles. The number of esters is 1. The van der Waals surface area contributed by atoms with Crippen molar-refractivity contribution in [3.05, 3.63) is 11.8 Å². The minimum Gasteiger partial charge on any atom is -0.481 e. The number of H-pyrrole nitrogens is 1. The maximum atomic E-state index is 12.6. The number of carbonyl (C=O) groups excluding carboxylic acids is 1. The van der Waals surface area contributed by atoms with Crippen LogP contribution in [0.2, 0.25) is 0 Å². The lowest BCUT2D eigenvalue weighted by Gasteiger charge is -2.29. The molecule has 0 aromatic carbocycles. The van der Waals surface area contributed by atoms with Crippen LogP contribution in [-0.4, -0.2) is 59.7 Å². The van der Waals surface area contributed by atoms with Crippen LogP contribution in [0.15, 0.2) is 11.2 Å². The highest BCUT2D eigenvalue weighted by molar-refractivity contribution is 7.89. The molecule has 122 valence electrons. The van der Waals surface area contributed by atoms with E-state index < -0.39 is 27.9 Å². The molecule has 1 saturated heterocycles. The van der Waals surface area contributed by atoms with Crippen LogP contribution < -0.4 is 0 Å². The summed E-state index contributed by atoms with van der Waals surface area (Å²) in [5, 5.41) is 14.6. The van der Waals surface area contributed by atoms with E-state index in [4.69, 9.17) is 9.84 Å². The summed E-state index contributed by atoms with van der Waals surface area (Å²) in [4.78, 5) is 22.8. The number of carboxylic acids is 1. The number of aromatic nitrogens is 2. The summed E-state index contributed by atoms with van der Waals surface area (Å²) < 4.78 is 31.1. The van der Waals surface area contributed by atoms with Gasteiger partial charge in [-0.15, -0.1) is 0 Å². The third-order valence-electron chi connectivity index (χ3n) is 3.43. The van der Waals surface area contributed by atoms with Crippen LogP contribution in [0.4, 0.5) is 0 Å². The lowest BCUT2D eigenvalue weighted by Crippen LogP contribution is -2.42. The molecule has 0 radical (unpaired) electrons. The fourth-order valence-corrected chi connectivity index (χ4v) is 3.90. The van der Waals surface area contributed by atoms with Gasteiger partial charge >= 0.3 is 11.9 Å². The zero-order valence-corrected chi connectivity index (χ0v) is 12.8. The summed E-state index contributed by atoms with van der Waals surface area (Å²) in [5.74, 6) is -2.57. The lowest BCUT2D eigenvalue weighted by molar-refractivity contribution is -0.142. The van der Waals surface area contributed by atoms with Crippen LogP contribution in [0.25, 0.3) is 0 Å². The van der Waals surface area contributed by atoms with Crippen molar-refractivity contribution >= 4 is 22.0 Å². The molecule has 0 bridgehead atoms. The highest BCUT2D eigenvalue weighted by Gasteiger charge is 2.36. The second-order valence-electron chi connectivity index (χ2n) is 4.87. The number of nitrogens with zero attached hydrogens (tertiary/aromatic N) is 2. The maximum absolute atomic E-state index is 12.6. The second-order valence-corrected chi connectivity index (χ2v) is 6.75. The van der Waals surface area contributed by atoms with E-state index in [1.54, 1.807) is 6.92 Å². The molecule has 22 heavy (non-hydrogen) atoms. The Balaban J connectivity index is 2.29. The Morgan fingerprint density at radius 2 is 2.27 bits per heavy atom. The number of aliphatic carboxylic acids is 1. The molecule has 0 amide bonds. The van der Waals surface area contributed by atoms with Crippen LogP contribution >= 0.6 is 0 Å². The Morgan fingerprint density at radius 1 is 1.55 bits per heavy atom. The quantitative estimate of drug-likeness (QED) is 0.730. The van der Waals surface area contributed by atoms with Crippen molar-refractivity contribution in [3.8, 4) is 0 Å². The predicted octanol–water partition coefficient (Wildman–Crippen LogP) is 0.0717. The predicted molar refractivity (Wildman–Crippen MR) is 73.7 cm³/mol. The van der Waals surface area contributed by atoms with Gasteiger partial charge in [0.25, 0.3) is 10.0 Å². The van der Waals surface area contributed by atoms with Gasteiger partial charge in [0.1, 0.15) is 5.56 Å². The molecular formula is C12H17N3O6S. The van der Waals surface area contributed by atoms with Crippen molar-refractivity contribution in [2.75, 3.05) is 19.7 Å². The first-order valence-electron chi connectivity index (χ1n) is 6.81. The minimum absolute atomic E-state index is 0.105. The Labute approximate surface area is 127 Å². The number of ether oxygens (including phenoxy) is 1. The Morgan fingerprint density at radius 3 is 2.91 bits per heavy atom. The molecular weight excluding hydrogens is 314 g/mol. The van der Waals surface area contributed by atoms with Crippen LogP contribution in [-0.2, 0) is 19.6 Å². The molecule has 10 heteroatoms. The number of piperidine rings is 1. The fourth-order valence-electron chi connectivity index (χ4n) is 2.32. The van der Waals surface area contributed by atoms with Gasteiger partial charge < -0.3 is 9.84 Å². The second kappa shape index (κ2) is 6.44. The van der Waals surface area contributed by atoms with Crippen LogP contribution in [0.1, 0.15) is 30.1 Å². The molecule has 9 nitrogen and oxygen atoms in total. The summed E-state index contributed by atoms with van der Waals surface area (Å²) in [6.07, 6.45) is 1.96. The van der Waals surface area contributed by atoms with Gasteiger partial charge in [-0.2, -0.15) is 9.40 Å². The summed E-state index contributed by atoms with van der Waals surface area (Å²) in [7, 11) is -4.03. The molecule has 1 aliphatic rings. The van der Waals surface area contributed by atoms with Gasteiger partial charge in [0.2, 0.25) is 0 Å². The van der Waals surface area contributed by atoms with Gasteiger partial charge in [0.05, 0.1) is 18.7 Å². The monoisotopic (exact) mass is 331 g/mol. The summed E-state index contributed by atoms with van der Waals surface area (Å²) >= 11 is 0. The van der Waals surface area contributed by atoms with Crippen molar-refractivity contribution in [1.29, 1.82) is 0 Å². The van der Waals surface area contributed by atoms with E-state index in [0.717, 1.165) is 10.5 Å². The van der Waals surface area contributed by atoms with Crippen LogP contribution in [0, 0.1) is 5.92 Å². The molecule has 1 aromatic heterocycles. The minimum atomic E-state index is -4.03. The first-order chi connectivity index (χ1) is 10.4. The number of hydrogen-bond acceptors (Lipinski definition) is 6. The number of carboxylic acid groups (broad SMARTS) is 1. The van der Waals surface area contributed by atoms with Crippen molar-refractivity contribution in [1.82, 2.24) is 14.5 Å². The molecule has 2 rings (SSSR count). The highest BCUT2D eigenvalue weighted by atomic mass is 32.2. The van der Waals surface area contributed by atoms with Gasteiger partial charge in [-0.25, -0.2) is 13.2 Å². The zero-order chi connectivity index (χ0) is 16.3. The number of rotatable bonds is 5. The molecule has 0 saturated carbocycles. The fraction of sp³-hybridized carbons (Fsp3) is 0.583. The molecule has 1 atom stereocenters. The third kappa shape index (κ3) is 3.12. The van der Waals surface area contributed by atoms with E-state index in [1.165, 1.54) is 0 Å². The first-order valence-corrected chi connectivity index (χ1v) is 8.25. The molecule has 0 spiro atoms. The molecule has 2 N–H and O–H groups in total. The summed E-state index contributed by atoms with van der Waals surface area (Å²) in [6.45, 7) is 1.79. The third-order valence-corrected chi connectivity index (χ3v) is 5.27. The molecule has 1 fully saturated rings. The molecule has 0 aliphatic carbocycles. The van der Waals surface area contributed by atoms with Gasteiger partial charge in [-0.1, -0.05) is 0 Å². The van der Waals surface area contributed by atoms with Crippen molar-refractivity contribution < 1.29 is 27.9 Å². The van der Waals surface area contributed by atoms with Gasteiger partial charge in [0.15, 0.2) is 5.03 Å². The largest absolute Gasteiger partial charge is 0.481 e. The molecule has 1 aromatic rings. The number of sulfonamides is 1. The Kier molecular flexibility index (Phi) is 4.81. The number of carbonyl (C=O) groups is 2. The maximum Gasteiger partial charge on any atom is 0.342 e. The van der Waals surface area contributed by atoms with E-state index in [0.29, 0.717) is 12.8 Å². The van der Waals surface area contributed by atoms with Crippen molar-refractivity contribution in [2.45, 2.75) is 24.8 Å². The average molecular weight is 331 g/mol. The van der Waals surface area contributed by atoms with Crippen LogP contribution in [0.5, 0.6) is 0 Å². The standard InChI is InChI=1S/C12H17N3O6S/c1-2-21-12(18)9-6-13-14-10(9)22(19,20)15-5-3-4-8(7-15)11(16)17/h6,8H,2-5,7H2,1H3,(H,13,14)(H,16,17). The van der Waals surface area contributed by atoms with E-state index in [2.05, 4.69) is 10.2 Å². The summed E-state index contributed by atoms with van der Waals surface area (Å²) in [6, 6.07) is 0. The smallest absolute Gasteiger partial charge is 0.342 e. The summed E-state index contributed by atoms with van der Waals surface area (Å²) in [5.41, 5.74) is -0.181. The average Bonchev–Trinajstić information content (AvgIpc) is 2.98. The molecule has 1 unspecified atom stereocenters. The van der Waals surface area contributed by atoms with Crippen molar-refractivity contribution in [2.24, 2.45) is 5.92 Å². The zero-order valence-electron chi connectivity index (χ0n) is 12.0.